The molecular weight excluding hydrogens is 400 g/mol. The Morgan fingerprint density at radius 1 is 1.12 bits per heavy atom. The minimum absolute atomic E-state index is 0.257. The third-order valence-electron chi connectivity index (χ3n) is 6.24. The van der Waals surface area contributed by atoms with Crippen LogP contribution in [0.15, 0.2) is 66.5 Å². The summed E-state index contributed by atoms with van der Waals surface area (Å²) in [5, 5.41) is 6.97. The number of allylic oxidation sites excluding steroid dienone is 2. The third-order valence-corrected chi connectivity index (χ3v) is 6.24. The first kappa shape index (κ1) is 20.9. The molecule has 6 nitrogen and oxygen atoms in total. The van der Waals surface area contributed by atoms with Gasteiger partial charge < -0.3 is 29.9 Å². The summed E-state index contributed by atoms with van der Waals surface area (Å²) in [6.45, 7) is 8.38. The fourth-order valence-electron chi connectivity index (χ4n) is 4.45. The van der Waals surface area contributed by atoms with Gasteiger partial charge in [-0.15, -0.1) is 0 Å². The van der Waals surface area contributed by atoms with Gasteiger partial charge in [0.25, 0.3) is 0 Å². The lowest BCUT2D eigenvalue weighted by Crippen LogP contribution is -2.43. The predicted molar refractivity (Wildman–Crippen MR) is 130 cm³/mol. The van der Waals surface area contributed by atoms with Gasteiger partial charge in [-0.1, -0.05) is 24.3 Å². The van der Waals surface area contributed by atoms with Gasteiger partial charge in [0.1, 0.15) is 17.7 Å². The Balaban J connectivity index is 1.35. The zero-order chi connectivity index (χ0) is 21.8. The molecule has 1 unspecified atom stereocenters. The van der Waals surface area contributed by atoms with Crippen LogP contribution < -0.4 is 20.3 Å². The van der Waals surface area contributed by atoms with Crippen LogP contribution in [0.3, 0.4) is 0 Å². The van der Waals surface area contributed by atoms with Crippen molar-refractivity contribution in [1.82, 2.24) is 10.2 Å². The van der Waals surface area contributed by atoms with Gasteiger partial charge in [0, 0.05) is 49.3 Å². The van der Waals surface area contributed by atoms with Gasteiger partial charge in [0.2, 0.25) is 0 Å². The topological polar surface area (TPSA) is 49.0 Å². The van der Waals surface area contributed by atoms with Crippen LogP contribution in [0.5, 0.6) is 5.75 Å². The summed E-state index contributed by atoms with van der Waals surface area (Å²) < 4.78 is 11.7. The lowest BCUT2D eigenvalue weighted by molar-refractivity contribution is 0.0524. The van der Waals surface area contributed by atoms with Crippen LogP contribution in [0.25, 0.3) is 0 Å². The summed E-state index contributed by atoms with van der Waals surface area (Å²) in [6, 6.07) is 14.9. The van der Waals surface area contributed by atoms with E-state index in [0.717, 1.165) is 69.5 Å². The van der Waals surface area contributed by atoms with E-state index in [9.17, 15) is 0 Å². The molecule has 32 heavy (non-hydrogen) atoms. The highest BCUT2D eigenvalue weighted by molar-refractivity contribution is 5.70. The quantitative estimate of drug-likeness (QED) is 0.719. The second kappa shape index (κ2) is 9.67. The molecule has 3 aliphatic heterocycles. The molecule has 2 aromatic carbocycles. The normalized spacial score (nSPS) is 20.9. The lowest BCUT2D eigenvalue weighted by Gasteiger charge is -2.38. The molecule has 0 aliphatic carbocycles. The van der Waals surface area contributed by atoms with Crippen molar-refractivity contribution in [3.8, 4) is 5.75 Å². The highest BCUT2D eigenvalue weighted by Gasteiger charge is 2.22. The van der Waals surface area contributed by atoms with Gasteiger partial charge in [0.05, 0.1) is 13.2 Å². The molecule has 0 bridgehead atoms. The number of benzene rings is 2. The highest BCUT2D eigenvalue weighted by atomic mass is 16.5. The second-order valence-electron chi connectivity index (χ2n) is 8.55. The summed E-state index contributed by atoms with van der Waals surface area (Å²) in [4.78, 5) is 4.79. The van der Waals surface area contributed by atoms with Gasteiger partial charge in [-0.05, 0) is 55.8 Å². The molecule has 0 radical (unpaired) electrons. The summed E-state index contributed by atoms with van der Waals surface area (Å²) in [6.07, 6.45) is 7.88. The smallest absolute Gasteiger partial charge is 0.121 e. The second-order valence-corrected chi connectivity index (χ2v) is 8.55. The molecule has 0 spiro atoms. The molecule has 2 N–H and O–H groups in total. The monoisotopic (exact) mass is 432 g/mol. The molecule has 1 atom stereocenters. The van der Waals surface area contributed by atoms with E-state index in [1.54, 1.807) is 0 Å². The number of ether oxygens (including phenoxy) is 2. The number of anilines is 3. The summed E-state index contributed by atoms with van der Waals surface area (Å²) in [5.74, 6) is 2.15. The average Bonchev–Trinajstić information content (AvgIpc) is 3.34. The molecule has 2 saturated heterocycles. The molecule has 0 saturated carbocycles. The van der Waals surface area contributed by atoms with Crippen molar-refractivity contribution < 1.29 is 9.47 Å². The fraction of sp³-hybridized carbons (Fsp3) is 0.385. The maximum atomic E-state index is 6.14. The Hall–Kier alpha value is -2.96. The van der Waals surface area contributed by atoms with Crippen molar-refractivity contribution in [3.05, 3.63) is 72.1 Å². The fourth-order valence-corrected chi connectivity index (χ4v) is 4.45. The zero-order valence-corrected chi connectivity index (χ0v) is 18.7. The number of hydrogen-bond acceptors (Lipinski definition) is 6. The van der Waals surface area contributed by atoms with Crippen LogP contribution in [0, 0.1) is 6.92 Å². The van der Waals surface area contributed by atoms with E-state index in [4.69, 9.17) is 9.47 Å². The summed E-state index contributed by atoms with van der Waals surface area (Å²) in [5.41, 5.74) is 4.54. The van der Waals surface area contributed by atoms with Crippen LogP contribution in [0.2, 0.25) is 0 Å². The van der Waals surface area contributed by atoms with Crippen molar-refractivity contribution in [1.29, 1.82) is 0 Å². The maximum Gasteiger partial charge on any atom is 0.121 e. The molecule has 168 valence electrons. The van der Waals surface area contributed by atoms with E-state index in [2.05, 4.69) is 75.9 Å². The zero-order valence-electron chi connectivity index (χ0n) is 18.7. The molecule has 3 aliphatic rings. The number of nitrogens with one attached hydrogen (secondary N) is 2. The van der Waals surface area contributed by atoms with E-state index in [1.165, 1.54) is 17.1 Å². The summed E-state index contributed by atoms with van der Waals surface area (Å²) >= 11 is 0. The van der Waals surface area contributed by atoms with Crippen LogP contribution in [-0.4, -0.2) is 56.9 Å². The van der Waals surface area contributed by atoms with Crippen molar-refractivity contribution in [2.45, 2.75) is 19.4 Å². The number of nitrogens with zero attached hydrogens (tertiary/aromatic N) is 2. The van der Waals surface area contributed by atoms with E-state index >= 15 is 0 Å². The molecule has 5 rings (SSSR count). The van der Waals surface area contributed by atoms with Crippen molar-refractivity contribution in [2.75, 3.05) is 56.2 Å². The number of morpholine rings is 1. The largest absolute Gasteiger partial charge is 0.489 e. The average molecular weight is 433 g/mol. The SMILES string of the molecule is Cc1ccc(N2CC=CC=C2N2CCOCC2)cc1Nc1cccc(OC2CCNC2)c1. The Morgan fingerprint density at radius 3 is 2.88 bits per heavy atom. The minimum atomic E-state index is 0.257. The molecule has 2 fully saturated rings. The number of aryl methyl sites for hydroxylation is 1. The Morgan fingerprint density at radius 2 is 2.03 bits per heavy atom. The Kier molecular flexibility index (Phi) is 6.32. The minimum Gasteiger partial charge on any atom is -0.489 e. The Bertz CT molecular complexity index is 991. The van der Waals surface area contributed by atoms with Crippen molar-refractivity contribution >= 4 is 17.1 Å². The summed E-state index contributed by atoms with van der Waals surface area (Å²) in [7, 11) is 0. The van der Waals surface area contributed by atoms with E-state index in [0.29, 0.717) is 0 Å². The molecular formula is C26H32N4O2. The van der Waals surface area contributed by atoms with E-state index in [1.807, 2.05) is 12.1 Å². The number of rotatable bonds is 6. The van der Waals surface area contributed by atoms with Gasteiger partial charge in [0.15, 0.2) is 0 Å². The maximum absolute atomic E-state index is 6.14. The lowest BCUT2D eigenvalue weighted by atomic mass is 10.1. The third kappa shape index (κ3) is 4.76. The Labute approximate surface area is 190 Å². The van der Waals surface area contributed by atoms with Crippen LogP contribution in [0.1, 0.15) is 12.0 Å². The van der Waals surface area contributed by atoms with Gasteiger partial charge in [-0.3, -0.25) is 0 Å². The van der Waals surface area contributed by atoms with Crippen LogP contribution in [-0.2, 0) is 4.74 Å². The van der Waals surface area contributed by atoms with Gasteiger partial charge >= 0.3 is 0 Å². The highest BCUT2D eigenvalue weighted by Crippen LogP contribution is 2.31. The van der Waals surface area contributed by atoms with Gasteiger partial charge in [-0.2, -0.15) is 0 Å². The van der Waals surface area contributed by atoms with E-state index < -0.39 is 0 Å². The first-order chi connectivity index (χ1) is 15.8. The molecule has 0 aromatic heterocycles. The van der Waals surface area contributed by atoms with Crippen LogP contribution in [0.4, 0.5) is 17.1 Å². The first-order valence-corrected chi connectivity index (χ1v) is 11.6. The molecule has 6 heteroatoms. The van der Waals surface area contributed by atoms with Crippen LogP contribution >= 0.6 is 0 Å². The predicted octanol–water partition coefficient (Wildman–Crippen LogP) is 4.03. The standard InChI is InChI=1S/C26H32N4O2/c1-20-8-9-22(30-12-3-2-7-26(30)29-13-15-31-16-14-29)18-25(20)28-21-5-4-6-23(17-21)32-24-10-11-27-19-24/h2-9,17-18,24,27-28H,10-16,19H2,1H3. The van der Waals surface area contributed by atoms with Crippen molar-refractivity contribution in [2.24, 2.45) is 0 Å². The molecule has 0 amide bonds. The van der Waals surface area contributed by atoms with Crippen molar-refractivity contribution in [3.63, 3.8) is 0 Å². The first-order valence-electron chi connectivity index (χ1n) is 11.6. The molecule has 2 aromatic rings. The molecule has 3 heterocycles. The number of hydrogen-bond donors (Lipinski definition) is 2. The van der Waals surface area contributed by atoms with Gasteiger partial charge in [-0.25, -0.2) is 0 Å². The van der Waals surface area contributed by atoms with E-state index in [-0.39, 0.29) is 6.10 Å².